The van der Waals surface area contributed by atoms with E-state index in [2.05, 4.69) is 10.6 Å². The van der Waals surface area contributed by atoms with Crippen molar-refractivity contribution < 1.29 is 19.5 Å². The van der Waals surface area contributed by atoms with Gasteiger partial charge in [0.05, 0.1) is 0 Å². The van der Waals surface area contributed by atoms with Gasteiger partial charge in [0, 0.05) is 36.5 Å². The first-order chi connectivity index (χ1) is 10.5. The minimum atomic E-state index is -0.856. The van der Waals surface area contributed by atoms with E-state index in [1.54, 1.807) is 24.3 Å². The summed E-state index contributed by atoms with van der Waals surface area (Å²) in [5.41, 5.74) is 0.504. The monoisotopic (exact) mass is 326 g/mol. The van der Waals surface area contributed by atoms with Gasteiger partial charge in [-0.05, 0) is 37.1 Å². The van der Waals surface area contributed by atoms with Crippen LogP contribution in [0, 0.1) is 0 Å². The zero-order valence-electron chi connectivity index (χ0n) is 12.1. The predicted octanol–water partition coefficient (Wildman–Crippen LogP) is 1.83. The second kappa shape index (κ2) is 9.78. The zero-order valence-corrected chi connectivity index (χ0v) is 12.9. The van der Waals surface area contributed by atoms with E-state index in [0.717, 1.165) is 0 Å². The van der Waals surface area contributed by atoms with Crippen LogP contribution in [0.3, 0.4) is 0 Å². The van der Waals surface area contributed by atoms with Crippen molar-refractivity contribution in [1.29, 1.82) is 0 Å². The molecule has 3 N–H and O–H groups in total. The number of hydrogen-bond acceptors (Lipinski definition) is 3. The van der Waals surface area contributed by atoms with Crippen LogP contribution in [0.25, 0.3) is 0 Å². The van der Waals surface area contributed by atoms with Crippen LogP contribution in [0.5, 0.6) is 0 Å². The predicted molar refractivity (Wildman–Crippen MR) is 82.9 cm³/mol. The van der Waals surface area contributed by atoms with E-state index < -0.39 is 5.97 Å². The number of aliphatic carboxylic acids is 1. The molecule has 22 heavy (non-hydrogen) atoms. The summed E-state index contributed by atoms with van der Waals surface area (Å²) in [4.78, 5) is 33.5. The number of hydrogen-bond donors (Lipinski definition) is 3. The summed E-state index contributed by atoms with van der Waals surface area (Å²) in [5, 5.41) is 14.4. The summed E-state index contributed by atoms with van der Waals surface area (Å²) in [7, 11) is 0. The highest BCUT2D eigenvalue weighted by Gasteiger charge is 2.05. The summed E-state index contributed by atoms with van der Waals surface area (Å²) in [6, 6.07) is 6.52. The third-order valence-corrected chi connectivity index (χ3v) is 3.14. The Kier molecular flexibility index (Phi) is 7.99. The Morgan fingerprint density at radius 3 is 2.18 bits per heavy atom. The standard InChI is InChI=1S/C15H19ClN2O4/c16-12-7-5-11(6-8-12)15(22)18-10-9-17-13(19)3-1-2-4-14(20)21/h5-8H,1-4,9-10H2,(H,17,19)(H,18,22)(H,20,21). The molecule has 7 heteroatoms. The van der Waals surface area contributed by atoms with E-state index in [9.17, 15) is 14.4 Å². The van der Waals surface area contributed by atoms with Crippen LogP contribution in [0.4, 0.5) is 0 Å². The number of halogens is 1. The number of carboxylic acids is 1. The van der Waals surface area contributed by atoms with Crippen LogP contribution in [0.15, 0.2) is 24.3 Å². The number of carboxylic acid groups (broad SMARTS) is 1. The second-order valence-electron chi connectivity index (χ2n) is 4.71. The van der Waals surface area contributed by atoms with Crippen LogP contribution in [0.2, 0.25) is 5.02 Å². The van der Waals surface area contributed by atoms with Gasteiger partial charge in [0.2, 0.25) is 5.91 Å². The lowest BCUT2D eigenvalue weighted by molar-refractivity contribution is -0.137. The van der Waals surface area contributed by atoms with E-state index in [0.29, 0.717) is 42.9 Å². The number of unbranched alkanes of at least 4 members (excludes halogenated alkanes) is 1. The molecule has 6 nitrogen and oxygen atoms in total. The molecule has 0 aliphatic rings. The number of nitrogens with one attached hydrogen (secondary N) is 2. The molecule has 1 aromatic carbocycles. The maximum absolute atomic E-state index is 11.8. The van der Waals surface area contributed by atoms with Gasteiger partial charge >= 0.3 is 5.97 Å². The van der Waals surface area contributed by atoms with E-state index in [1.807, 2.05) is 0 Å². The fraction of sp³-hybridized carbons (Fsp3) is 0.400. The highest BCUT2D eigenvalue weighted by Crippen LogP contribution is 2.09. The summed E-state index contributed by atoms with van der Waals surface area (Å²) < 4.78 is 0. The van der Waals surface area contributed by atoms with Crippen molar-refractivity contribution in [3.63, 3.8) is 0 Å². The van der Waals surface area contributed by atoms with Gasteiger partial charge in [0.1, 0.15) is 0 Å². The average Bonchev–Trinajstić information content (AvgIpc) is 2.48. The molecular formula is C15H19ClN2O4. The topological polar surface area (TPSA) is 95.5 Å². The molecule has 0 saturated carbocycles. The fourth-order valence-electron chi connectivity index (χ4n) is 1.73. The van der Waals surface area contributed by atoms with Crippen molar-refractivity contribution in [3.8, 4) is 0 Å². The van der Waals surface area contributed by atoms with Crippen molar-refractivity contribution >= 4 is 29.4 Å². The zero-order chi connectivity index (χ0) is 16.4. The second-order valence-corrected chi connectivity index (χ2v) is 5.15. The highest BCUT2D eigenvalue weighted by molar-refractivity contribution is 6.30. The maximum atomic E-state index is 11.8. The minimum absolute atomic E-state index is 0.0738. The maximum Gasteiger partial charge on any atom is 0.303 e. The Morgan fingerprint density at radius 1 is 0.955 bits per heavy atom. The Hall–Kier alpha value is -2.08. The van der Waals surface area contributed by atoms with Crippen LogP contribution in [-0.2, 0) is 9.59 Å². The Bertz CT molecular complexity index is 517. The van der Waals surface area contributed by atoms with Gasteiger partial charge in [-0.15, -0.1) is 0 Å². The van der Waals surface area contributed by atoms with Gasteiger partial charge in [-0.1, -0.05) is 11.6 Å². The van der Waals surface area contributed by atoms with Gasteiger partial charge in [0.15, 0.2) is 0 Å². The smallest absolute Gasteiger partial charge is 0.303 e. The lowest BCUT2D eigenvalue weighted by Gasteiger charge is -2.07. The summed E-state index contributed by atoms with van der Waals surface area (Å²) in [5.74, 6) is -1.23. The molecule has 1 rings (SSSR count). The van der Waals surface area contributed by atoms with E-state index in [-0.39, 0.29) is 18.2 Å². The molecule has 0 heterocycles. The third-order valence-electron chi connectivity index (χ3n) is 2.88. The number of carbonyl (C=O) groups excluding carboxylic acids is 2. The average molecular weight is 327 g/mol. The molecule has 0 unspecified atom stereocenters. The van der Waals surface area contributed by atoms with Gasteiger partial charge in [-0.2, -0.15) is 0 Å². The van der Waals surface area contributed by atoms with Crippen LogP contribution >= 0.6 is 11.6 Å². The van der Waals surface area contributed by atoms with Crippen molar-refractivity contribution in [1.82, 2.24) is 10.6 Å². The van der Waals surface area contributed by atoms with E-state index >= 15 is 0 Å². The number of rotatable bonds is 9. The summed E-state index contributed by atoms with van der Waals surface area (Å²) >= 11 is 5.74. The van der Waals surface area contributed by atoms with Crippen molar-refractivity contribution in [2.45, 2.75) is 25.7 Å². The summed E-state index contributed by atoms with van der Waals surface area (Å²) in [6.45, 7) is 0.652. The third kappa shape index (κ3) is 7.64. The molecule has 0 aliphatic carbocycles. The molecule has 0 saturated heterocycles. The number of benzene rings is 1. The molecule has 0 atom stereocenters. The summed E-state index contributed by atoms with van der Waals surface area (Å²) in [6.07, 6.45) is 1.38. The van der Waals surface area contributed by atoms with E-state index in [4.69, 9.17) is 16.7 Å². The SMILES string of the molecule is O=C(O)CCCCC(=O)NCCNC(=O)c1ccc(Cl)cc1. The van der Waals surface area contributed by atoms with Crippen molar-refractivity contribution in [2.75, 3.05) is 13.1 Å². The lowest BCUT2D eigenvalue weighted by atomic mass is 10.2. The lowest BCUT2D eigenvalue weighted by Crippen LogP contribution is -2.34. The number of carbonyl (C=O) groups is 3. The minimum Gasteiger partial charge on any atom is -0.481 e. The molecule has 0 spiro atoms. The van der Waals surface area contributed by atoms with E-state index in [1.165, 1.54) is 0 Å². The Balaban J connectivity index is 2.11. The fourth-order valence-corrected chi connectivity index (χ4v) is 1.86. The molecule has 120 valence electrons. The van der Waals surface area contributed by atoms with Gasteiger partial charge in [-0.3, -0.25) is 14.4 Å². The van der Waals surface area contributed by atoms with Gasteiger partial charge in [-0.25, -0.2) is 0 Å². The molecule has 0 aromatic heterocycles. The highest BCUT2D eigenvalue weighted by atomic mass is 35.5. The Morgan fingerprint density at radius 2 is 1.55 bits per heavy atom. The van der Waals surface area contributed by atoms with Gasteiger partial charge in [0.25, 0.3) is 5.91 Å². The van der Waals surface area contributed by atoms with Crippen molar-refractivity contribution in [3.05, 3.63) is 34.9 Å². The molecule has 0 radical (unpaired) electrons. The van der Waals surface area contributed by atoms with Crippen molar-refractivity contribution in [2.24, 2.45) is 0 Å². The molecule has 1 aromatic rings. The number of amides is 2. The molecule has 0 aliphatic heterocycles. The van der Waals surface area contributed by atoms with Crippen LogP contribution < -0.4 is 10.6 Å². The molecule has 2 amide bonds. The normalized spacial score (nSPS) is 10.0. The first-order valence-electron chi connectivity index (χ1n) is 7.01. The van der Waals surface area contributed by atoms with Crippen LogP contribution in [-0.4, -0.2) is 36.0 Å². The quantitative estimate of drug-likeness (QED) is 0.603. The first kappa shape index (κ1) is 18.0. The Labute approximate surface area is 133 Å². The first-order valence-corrected chi connectivity index (χ1v) is 7.39. The largest absolute Gasteiger partial charge is 0.481 e. The molecule has 0 fully saturated rings. The molecule has 0 bridgehead atoms. The van der Waals surface area contributed by atoms with Crippen LogP contribution in [0.1, 0.15) is 36.0 Å². The van der Waals surface area contributed by atoms with Gasteiger partial charge < -0.3 is 15.7 Å². The molecular weight excluding hydrogens is 308 g/mol.